The maximum Gasteiger partial charge on any atom is 0.310 e. The number of fused-ring (bicyclic) bond motifs is 7. The normalized spacial score (nSPS) is 54.1. The smallest absolute Gasteiger partial charge is 0.310 e. The van der Waals surface area contributed by atoms with Gasteiger partial charge in [-0.25, -0.2) is 0 Å². The van der Waals surface area contributed by atoms with Gasteiger partial charge in [0.1, 0.15) is 0 Å². The lowest BCUT2D eigenvalue weighted by molar-refractivity contribution is -0.207. The van der Waals surface area contributed by atoms with Crippen LogP contribution in [0, 0.1) is 56.7 Å². The van der Waals surface area contributed by atoms with Crippen molar-refractivity contribution < 1.29 is 20.1 Å². The quantitative estimate of drug-likeness (QED) is 0.427. The number of carboxylic acid groups (broad SMARTS) is 1. The molecule has 34 heavy (non-hydrogen) atoms. The average molecular weight is 473 g/mol. The van der Waals surface area contributed by atoms with Crippen molar-refractivity contribution in [2.24, 2.45) is 56.7 Å². The molecule has 0 radical (unpaired) electrons. The van der Waals surface area contributed by atoms with E-state index in [0.717, 1.165) is 51.4 Å². The van der Waals surface area contributed by atoms with Crippen molar-refractivity contribution in [1.29, 1.82) is 0 Å². The van der Waals surface area contributed by atoms with Gasteiger partial charge in [-0.1, -0.05) is 53.2 Å². The van der Waals surface area contributed by atoms with Crippen molar-refractivity contribution in [1.82, 2.24) is 0 Å². The minimum atomic E-state index is -0.669. The van der Waals surface area contributed by atoms with Gasteiger partial charge in [0.25, 0.3) is 0 Å². The van der Waals surface area contributed by atoms with E-state index in [9.17, 15) is 20.1 Å². The molecule has 5 aliphatic carbocycles. The summed E-state index contributed by atoms with van der Waals surface area (Å²) in [5.74, 6) is 0.882. The molecule has 0 saturated heterocycles. The van der Waals surface area contributed by atoms with Crippen LogP contribution in [0.2, 0.25) is 0 Å². The van der Waals surface area contributed by atoms with Gasteiger partial charge in [-0.15, -0.1) is 0 Å². The first-order chi connectivity index (χ1) is 15.8. The summed E-state index contributed by atoms with van der Waals surface area (Å²) in [6.07, 6.45) is 10.8. The first-order valence-corrected chi connectivity index (χ1v) is 14.0. The maximum atomic E-state index is 12.8. The Hall–Kier alpha value is -0.870. The molecule has 0 heterocycles. The van der Waals surface area contributed by atoms with Gasteiger partial charge in [0.2, 0.25) is 0 Å². The van der Waals surface area contributed by atoms with Gasteiger partial charge in [0.05, 0.1) is 11.5 Å². The summed E-state index contributed by atoms with van der Waals surface area (Å²) in [5, 5.41) is 31.5. The number of hydrogen-bond donors (Lipinski definition) is 3. The highest BCUT2D eigenvalue weighted by Gasteiger charge is 2.69. The molecule has 5 rings (SSSR count). The molecule has 4 saturated carbocycles. The molecule has 5 aliphatic rings. The summed E-state index contributed by atoms with van der Waals surface area (Å²) in [6.45, 7) is 14.5. The van der Waals surface area contributed by atoms with Gasteiger partial charge in [0.15, 0.2) is 0 Å². The minimum Gasteiger partial charge on any atom is -0.481 e. The van der Waals surface area contributed by atoms with Crippen LogP contribution in [0.1, 0.15) is 99.3 Å². The predicted molar refractivity (Wildman–Crippen MR) is 134 cm³/mol. The van der Waals surface area contributed by atoms with Crippen LogP contribution in [0.5, 0.6) is 0 Å². The van der Waals surface area contributed by atoms with E-state index in [1.165, 1.54) is 5.57 Å². The molecular formula is C30H48O4. The summed E-state index contributed by atoms with van der Waals surface area (Å²) >= 11 is 0. The van der Waals surface area contributed by atoms with Crippen molar-refractivity contribution in [3.8, 4) is 0 Å². The van der Waals surface area contributed by atoms with Crippen LogP contribution in [-0.2, 0) is 4.79 Å². The highest BCUT2D eigenvalue weighted by atomic mass is 16.4. The van der Waals surface area contributed by atoms with Crippen LogP contribution >= 0.6 is 0 Å². The third kappa shape index (κ3) is 2.82. The van der Waals surface area contributed by atoms with Crippen LogP contribution in [0.25, 0.3) is 0 Å². The molecule has 192 valence electrons. The molecule has 10 atom stereocenters. The van der Waals surface area contributed by atoms with E-state index in [1.807, 2.05) is 0 Å². The minimum absolute atomic E-state index is 0.000670. The van der Waals surface area contributed by atoms with E-state index in [4.69, 9.17) is 0 Å². The molecule has 3 N–H and O–H groups in total. The molecule has 4 heteroatoms. The lowest BCUT2D eigenvalue weighted by Crippen LogP contribution is -2.65. The summed E-state index contributed by atoms with van der Waals surface area (Å²) < 4.78 is 0. The molecule has 4 fully saturated rings. The van der Waals surface area contributed by atoms with Crippen molar-refractivity contribution in [3.63, 3.8) is 0 Å². The monoisotopic (exact) mass is 472 g/mol. The Morgan fingerprint density at radius 1 is 0.971 bits per heavy atom. The zero-order valence-electron chi connectivity index (χ0n) is 22.4. The Morgan fingerprint density at radius 3 is 2.32 bits per heavy atom. The molecule has 0 aromatic rings. The number of hydrogen-bond acceptors (Lipinski definition) is 3. The fourth-order valence-corrected chi connectivity index (χ4v) is 11.0. The first kappa shape index (κ1) is 24.8. The van der Waals surface area contributed by atoms with Crippen molar-refractivity contribution >= 4 is 5.97 Å². The second-order valence-corrected chi connectivity index (χ2v) is 14.4. The molecule has 0 amide bonds. The molecule has 0 aromatic carbocycles. The summed E-state index contributed by atoms with van der Waals surface area (Å²) in [6, 6.07) is 0. The third-order valence-electron chi connectivity index (χ3n) is 13.4. The first-order valence-electron chi connectivity index (χ1n) is 14.0. The fraction of sp³-hybridized carbons (Fsp3) is 0.900. The SMILES string of the molecule is C[C@H]1C(CO)CC[C@]2(C(=O)O)CC[C@]3(C)C(=CCC4[C@@]5(C)CC[C@H](O)C(C)(C)C5CC[C@]43C)[C@H]12. The number of aliphatic carboxylic acids is 1. The van der Waals surface area contributed by atoms with E-state index in [0.29, 0.717) is 18.3 Å². The van der Waals surface area contributed by atoms with E-state index < -0.39 is 11.4 Å². The fourth-order valence-electron chi connectivity index (χ4n) is 11.0. The standard InChI is InChI=1S/C30H48O4/c1-18-19(17-31)9-14-30(25(33)34)16-15-28(5)20(24(18)30)7-8-22-27(4)12-11-23(32)26(2,3)21(27)10-13-29(22,28)6/h7,18-19,21-24,31-32H,8-17H2,1-6H3,(H,33,34)/t18-,19?,21?,22?,23-,24-,27-,28+,29+,30-/m0/s1. The second-order valence-electron chi connectivity index (χ2n) is 14.4. The number of aliphatic hydroxyl groups excluding tert-OH is 2. The van der Waals surface area contributed by atoms with Gasteiger partial charge in [0, 0.05) is 6.61 Å². The highest BCUT2D eigenvalue weighted by molar-refractivity contribution is 5.76. The van der Waals surface area contributed by atoms with Gasteiger partial charge in [-0.2, -0.15) is 0 Å². The van der Waals surface area contributed by atoms with Gasteiger partial charge >= 0.3 is 5.97 Å². The van der Waals surface area contributed by atoms with Crippen LogP contribution in [-0.4, -0.2) is 34.0 Å². The Bertz CT molecular complexity index is 892. The van der Waals surface area contributed by atoms with Gasteiger partial charge in [-0.05, 0) is 109 Å². The Kier molecular flexibility index (Phi) is 5.52. The maximum absolute atomic E-state index is 12.8. The average Bonchev–Trinajstić information content (AvgIpc) is 2.77. The van der Waals surface area contributed by atoms with Crippen LogP contribution in [0.15, 0.2) is 11.6 Å². The van der Waals surface area contributed by atoms with Gasteiger partial charge < -0.3 is 15.3 Å². The van der Waals surface area contributed by atoms with E-state index in [-0.39, 0.29) is 52.1 Å². The molecule has 0 spiro atoms. The van der Waals surface area contributed by atoms with E-state index >= 15 is 0 Å². The van der Waals surface area contributed by atoms with Crippen molar-refractivity contribution in [3.05, 3.63) is 11.6 Å². The molecule has 0 aromatic heterocycles. The van der Waals surface area contributed by atoms with Crippen LogP contribution < -0.4 is 0 Å². The zero-order valence-corrected chi connectivity index (χ0v) is 22.4. The van der Waals surface area contributed by atoms with Crippen LogP contribution in [0.3, 0.4) is 0 Å². The molecule has 0 aliphatic heterocycles. The van der Waals surface area contributed by atoms with Crippen molar-refractivity contribution in [2.75, 3.05) is 6.61 Å². The largest absolute Gasteiger partial charge is 0.481 e. The lowest BCUT2D eigenvalue weighted by Gasteiger charge is -2.71. The number of carboxylic acids is 1. The predicted octanol–water partition coefficient (Wildman–Crippen LogP) is 6.06. The van der Waals surface area contributed by atoms with E-state index in [1.54, 1.807) is 0 Å². The Balaban J connectivity index is 1.61. The lowest BCUT2D eigenvalue weighted by atomic mass is 9.33. The second kappa shape index (κ2) is 7.57. The van der Waals surface area contributed by atoms with E-state index in [2.05, 4.69) is 47.6 Å². The molecular weight excluding hydrogens is 424 g/mol. The highest BCUT2D eigenvalue weighted by Crippen LogP contribution is 2.75. The third-order valence-corrected chi connectivity index (χ3v) is 13.4. The van der Waals surface area contributed by atoms with Gasteiger partial charge in [-0.3, -0.25) is 4.79 Å². The summed E-state index contributed by atoms with van der Waals surface area (Å²) in [7, 11) is 0. The topological polar surface area (TPSA) is 77.8 Å². The molecule has 4 nitrogen and oxygen atoms in total. The zero-order chi connectivity index (χ0) is 24.9. The number of allylic oxidation sites excluding steroid dienone is 2. The molecule has 3 unspecified atom stereocenters. The molecule has 0 bridgehead atoms. The Labute approximate surface area is 206 Å². The van der Waals surface area contributed by atoms with Crippen LogP contribution in [0.4, 0.5) is 0 Å². The number of rotatable bonds is 2. The number of carbonyl (C=O) groups is 1. The van der Waals surface area contributed by atoms with Crippen molar-refractivity contribution in [2.45, 2.75) is 105 Å². The summed E-state index contributed by atoms with van der Waals surface area (Å²) in [4.78, 5) is 12.8. The Morgan fingerprint density at radius 2 is 1.68 bits per heavy atom. The number of aliphatic hydroxyl groups is 2. The summed E-state index contributed by atoms with van der Waals surface area (Å²) in [5.41, 5.74) is 1.03.